The predicted octanol–water partition coefficient (Wildman–Crippen LogP) is 3.52. The molecule has 0 amide bonds. The van der Waals surface area contributed by atoms with Crippen molar-refractivity contribution in [2.75, 3.05) is 0 Å². The topological polar surface area (TPSA) is 17.8 Å². The van der Waals surface area contributed by atoms with Crippen molar-refractivity contribution in [2.45, 2.75) is 20.3 Å². The van der Waals surface area contributed by atoms with Gasteiger partial charge in [-0.2, -0.15) is 5.10 Å². The summed E-state index contributed by atoms with van der Waals surface area (Å²) in [7, 11) is 0. The van der Waals surface area contributed by atoms with Gasteiger partial charge in [-0.05, 0) is 44.9 Å². The maximum Gasteiger partial charge on any atom is 0.0848 e. The van der Waals surface area contributed by atoms with Crippen LogP contribution in [0, 0.1) is 20.8 Å². The highest BCUT2D eigenvalue weighted by Crippen LogP contribution is 2.22. The first kappa shape index (κ1) is 11.2. The minimum absolute atomic E-state index is 0.737. The number of rotatable bonds is 2. The Morgan fingerprint density at radius 1 is 1.25 bits per heavy atom. The van der Waals surface area contributed by atoms with Crippen LogP contribution in [0.3, 0.4) is 0 Å². The molecule has 2 aromatic rings. The van der Waals surface area contributed by atoms with Crippen LogP contribution in [0.2, 0.25) is 5.02 Å². The Hall–Kier alpha value is -1.28. The van der Waals surface area contributed by atoms with Crippen LogP contribution in [-0.4, -0.2) is 9.78 Å². The van der Waals surface area contributed by atoms with Crippen LogP contribution in [0.5, 0.6) is 0 Å². The third-order valence-electron chi connectivity index (χ3n) is 2.67. The number of halogens is 1. The van der Waals surface area contributed by atoms with Crippen molar-refractivity contribution in [3.05, 3.63) is 53.2 Å². The van der Waals surface area contributed by atoms with Crippen LogP contribution in [0.4, 0.5) is 0 Å². The molecule has 2 nitrogen and oxygen atoms in total. The lowest BCUT2D eigenvalue weighted by Crippen LogP contribution is -1.99. The minimum atomic E-state index is 0.737. The Kier molecular flexibility index (Phi) is 3.01. The summed E-state index contributed by atoms with van der Waals surface area (Å²) < 4.78 is 1.87. The fraction of sp³-hybridized carbons (Fsp3) is 0.231. The third-order valence-corrected chi connectivity index (χ3v) is 3.22. The summed E-state index contributed by atoms with van der Waals surface area (Å²) in [6.45, 7) is 7.73. The molecule has 0 aliphatic heterocycles. The Balaban J connectivity index is 2.46. The quantitative estimate of drug-likeness (QED) is 0.776. The van der Waals surface area contributed by atoms with E-state index in [1.807, 2.05) is 30.7 Å². The summed E-state index contributed by atoms with van der Waals surface area (Å²) in [6, 6.07) is 8.20. The molecule has 1 heterocycles. The number of nitrogens with zero attached hydrogens (tertiary/aromatic N) is 2. The Bertz CT molecular complexity index is 497. The molecule has 1 aromatic carbocycles. The Morgan fingerprint density at radius 3 is 2.31 bits per heavy atom. The molecule has 0 fully saturated rings. The molecule has 0 atom stereocenters. The molecule has 83 valence electrons. The lowest BCUT2D eigenvalue weighted by atomic mass is 10.1. The second kappa shape index (κ2) is 4.30. The first-order valence-electron chi connectivity index (χ1n) is 5.23. The first-order valence-corrected chi connectivity index (χ1v) is 5.61. The smallest absolute Gasteiger partial charge is 0.0848 e. The molecular formula is C13H14ClN2. The van der Waals surface area contributed by atoms with Crippen LogP contribution >= 0.6 is 11.6 Å². The zero-order chi connectivity index (χ0) is 11.7. The molecule has 0 saturated carbocycles. The molecule has 0 unspecified atom stereocenters. The molecule has 0 spiro atoms. The van der Waals surface area contributed by atoms with E-state index >= 15 is 0 Å². The van der Waals surface area contributed by atoms with E-state index in [9.17, 15) is 0 Å². The molecule has 0 aliphatic carbocycles. The molecule has 0 bridgehead atoms. The monoisotopic (exact) mass is 233 g/mol. The minimum Gasteiger partial charge on any atom is -0.236 e. The van der Waals surface area contributed by atoms with Crippen LogP contribution in [0.1, 0.15) is 17.0 Å². The van der Waals surface area contributed by atoms with Gasteiger partial charge in [-0.25, -0.2) is 4.68 Å². The van der Waals surface area contributed by atoms with E-state index in [-0.39, 0.29) is 0 Å². The van der Waals surface area contributed by atoms with Gasteiger partial charge in [0, 0.05) is 0 Å². The Labute approximate surface area is 101 Å². The Morgan fingerprint density at radius 2 is 1.88 bits per heavy atom. The predicted molar refractivity (Wildman–Crippen MR) is 67.1 cm³/mol. The van der Waals surface area contributed by atoms with E-state index in [2.05, 4.69) is 24.2 Å². The number of hydrogen-bond acceptors (Lipinski definition) is 1. The fourth-order valence-corrected chi connectivity index (χ4v) is 1.80. The standard InChI is InChI=1S/C13H14ClN2/c1-4-11-5-7-12(8-6-11)16-10(3)13(14)9(2)15-16/h5-8H,1,4H2,2-3H3. The van der Waals surface area contributed by atoms with Gasteiger partial charge in [0.2, 0.25) is 0 Å². The number of aromatic nitrogens is 2. The van der Waals surface area contributed by atoms with Gasteiger partial charge in [0.25, 0.3) is 0 Å². The van der Waals surface area contributed by atoms with Gasteiger partial charge >= 0.3 is 0 Å². The number of aryl methyl sites for hydroxylation is 1. The molecule has 0 saturated heterocycles. The molecule has 1 radical (unpaired) electrons. The van der Waals surface area contributed by atoms with E-state index in [1.165, 1.54) is 5.56 Å². The SMILES string of the molecule is [CH2]Cc1ccc(-n2nc(C)c(Cl)c2C)cc1. The normalized spacial score (nSPS) is 10.8. The van der Waals surface area contributed by atoms with Gasteiger partial charge in [0.15, 0.2) is 0 Å². The number of benzene rings is 1. The second-order valence-corrected chi connectivity index (χ2v) is 4.19. The van der Waals surface area contributed by atoms with Crippen molar-refractivity contribution in [3.8, 4) is 5.69 Å². The third kappa shape index (κ3) is 1.85. The van der Waals surface area contributed by atoms with Gasteiger partial charge in [-0.1, -0.05) is 23.7 Å². The highest BCUT2D eigenvalue weighted by Gasteiger charge is 2.09. The van der Waals surface area contributed by atoms with Gasteiger partial charge in [-0.15, -0.1) is 0 Å². The molecule has 0 aliphatic rings. The lowest BCUT2D eigenvalue weighted by Gasteiger charge is -2.05. The zero-order valence-corrected chi connectivity index (χ0v) is 10.3. The summed E-state index contributed by atoms with van der Waals surface area (Å²) in [5.41, 5.74) is 4.09. The maximum absolute atomic E-state index is 6.11. The van der Waals surface area contributed by atoms with Crippen molar-refractivity contribution < 1.29 is 0 Å². The van der Waals surface area contributed by atoms with Crippen molar-refractivity contribution in [1.82, 2.24) is 9.78 Å². The van der Waals surface area contributed by atoms with Crippen molar-refractivity contribution in [2.24, 2.45) is 0 Å². The average molecular weight is 234 g/mol. The van der Waals surface area contributed by atoms with E-state index in [0.29, 0.717) is 0 Å². The molecular weight excluding hydrogens is 220 g/mol. The molecule has 3 heteroatoms. The van der Waals surface area contributed by atoms with E-state index in [4.69, 9.17) is 11.6 Å². The highest BCUT2D eigenvalue weighted by molar-refractivity contribution is 6.31. The van der Waals surface area contributed by atoms with Crippen LogP contribution in [0.15, 0.2) is 24.3 Å². The van der Waals surface area contributed by atoms with Crippen LogP contribution in [-0.2, 0) is 6.42 Å². The largest absolute Gasteiger partial charge is 0.236 e. The van der Waals surface area contributed by atoms with E-state index in [0.717, 1.165) is 28.5 Å². The summed E-state index contributed by atoms with van der Waals surface area (Å²) in [6.07, 6.45) is 0.804. The van der Waals surface area contributed by atoms with Crippen molar-refractivity contribution >= 4 is 11.6 Å². The lowest BCUT2D eigenvalue weighted by molar-refractivity contribution is 0.833. The van der Waals surface area contributed by atoms with Crippen LogP contribution < -0.4 is 0 Å². The van der Waals surface area contributed by atoms with Crippen molar-refractivity contribution in [1.29, 1.82) is 0 Å². The van der Waals surface area contributed by atoms with Gasteiger partial charge in [0.05, 0.1) is 22.1 Å². The second-order valence-electron chi connectivity index (χ2n) is 3.81. The van der Waals surface area contributed by atoms with Gasteiger partial charge < -0.3 is 0 Å². The van der Waals surface area contributed by atoms with E-state index in [1.54, 1.807) is 0 Å². The summed E-state index contributed by atoms with van der Waals surface area (Å²) in [5, 5.41) is 5.14. The molecule has 16 heavy (non-hydrogen) atoms. The van der Waals surface area contributed by atoms with Crippen molar-refractivity contribution in [3.63, 3.8) is 0 Å². The first-order chi connectivity index (χ1) is 7.63. The fourth-order valence-electron chi connectivity index (χ4n) is 1.68. The summed E-state index contributed by atoms with van der Waals surface area (Å²) >= 11 is 6.11. The summed E-state index contributed by atoms with van der Waals surface area (Å²) in [4.78, 5) is 0. The summed E-state index contributed by atoms with van der Waals surface area (Å²) in [5.74, 6) is 0. The van der Waals surface area contributed by atoms with E-state index < -0.39 is 0 Å². The molecule has 0 N–H and O–H groups in total. The van der Waals surface area contributed by atoms with Gasteiger partial charge in [-0.3, -0.25) is 0 Å². The molecule has 2 rings (SSSR count). The maximum atomic E-state index is 6.11. The zero-order valence-electron chi connectivity index (χ0n) is 9.50. The number of hydrogen-bond donors (Lipinski definition) is 0. The highest BCUT2D eigenvalue weighted by atomic mass is 35.5. The van der Waals surface area contributed by atoms with Gasteiger partial charge in [0.1, 0.15) is 0 Å². The average Bonchev–Trinajstić information content (AvgIpc) is 2.57. The van der Waals surface area contributed by atoms with Crippen LogP contribution in [0.25, 0.3) is 5.69 Å². The molecule has 1 aromatic heterocycles.